The molecule has 4 N–H and O–H groups in total. The molecule has 2 aromatic rings. The number of halogens is 1. The molecule has 19 heavy (non-hydrogen) atoms. The van der Waals surface area contributed by atoms with Crippen LogP contribution in [0.5, 0.6) is 11.5 Å². The lowest BCUT2D eigenvalue weighted by molar-refractivity contribution is 0.480. The maximum atomic E-state index is 11.3. The van der Waals surface area contributed by atoms with Gasteiger partial charge in [0.1, 0.15) is 5.75 Å². The highest BCUT2D eigenvalue weighted by atomic mass is 127. The smallest absolute Gasteiger partial charge is 0.238 e. The number of para-hydroxylation sites is 1. The van der Waals surface area contributed by atoms with Gasteiger partial charge in [0.05, 0.1) is 14.2 Å². The molecule has 2 aromatic carbocycles. The average Bonchev–Trinajstić information content (AvgIpc) is 2.33. The van der Waals surface area contributed by atoms with Gasteiger partial charge in [-0.15, -0.1) is 0 Å². The van der Waals surface area contributed by atoms with E-state index >= 15 is 0 Å². The lowest BCUT2D eigenvalue weighted by Gasteiger charge is -2.11. The number of benzene rings is 2. The van der Waals surface area contributed by atoms with Crippen LogP contribution in [0.3, 0.4) is 0 Å². The molecule has 0 spiro atoms. The molecular weight excluding hydrogens is 379 g/mol. The van der Waals surface area contributed by atoms with Gasteiger partial charge in [-0.05, 0) is 46.9 Å². The van der Waals surface area contributed by atoms with Crippen LogP contribution in [0.2, 0.25) is 0 Å². The Balaban J connectivity index is 2.43. The molecule has 0 saturated carbocycles. The van der Waals surface area contributed by atoms with Gasteiger partial charge in [0, 0.05) is 6.07 Å². The largest absolute Gasteiger partial charge is 0.454 e. The Morgan fingerprint density at radius 3 is 2.37 bits per heavy atom. The number of primary sulfonamides is 1. The van der Waals surface area contributed by atoms with Gasteiger partial charge < -0.3 is 10.5 Å². The number of nitrogen functional groups attached to an aromatic ring is 1. The lowest BCUT2D eigenvalue weighted by Crippen LogP contribution is -2.12. The van der Waals surface area contributed by atoms with Gasteiger partial charge in [-0.3, -0.25) is 0 Å². The van der Waals surface area contributed by atoms with Crippen molar-refractivity contribution >= 4 is 38.3 Å². The van der Waals surface area contributed by atoms with Gasteiger partial charge in [0.2, 0.25) is 10.0 Å². The summed E-state index contributed by atoms with van der Waals surface area (Å²) in [4.78, 5) is -0.0392. The highest BCUT2D eigenvalue weighted by Crippen LogP contribution is 2.31. The zero-order valence-corrected chi connectivity index (χ0v) is 12.7. The third-order valence-electron chi connectivity index (χ3n) is 2.37. The van der Waals surface area contributed by atoms with Gasteiger partial charge >= 0.3 is 0 Å². The van der Waals surface area contributed by atoms with Crippen LogP contribution < -0.4 is 15.6 Å². The summed E-state index contributed by atoms with van der Waals surface area (Å²) < 4.78 is 29.1. The first-order chi connectivity index (χ1) is 8.88. The predicted molar refractivity (Wildman–Crippen MR) is 81.5 cm³/mol. The SMILES string of the molecule is Nc1ccc(S(N)(=O)=O)cc1Oc1ccccc1I. The standard InChI is InChI=1S/C12H11IN2O3S/c13-9-3-1-2-4-11(9)18-12-7-8(19(15,16)17)5-6-10(12)14/h1-7H,14H2,(H2,15,16,17). The molecule has 0 fully saturated rings. The fourth-order valence-electron chi connectivity index (χ4n) is 1.43. The average molecular weight is 390 g/mol. The molecule has 0 amide bonds. The quantitative estimate of drug-likeness (QED) is 0.621. The molecule has 2 rings (SSSR count). The molecule has 7 heteroatoms. The van der Waals surface area contributed by atoms with E-state index in [0.29, 0.717) is 11.4 Å². The number of sulfonamides is 1. The van der Waals surface area contributed by atoms with Crippen molar-refractivity contribution < 1.29 is 13.2 Å². The second-order valence-corrected chi connectivity index (χ2v) is 6.50. The Kier molecular flexibility index (Phi) is 3.97. The first kappa shape index (κ1) is 14.1. The molecule has 0 bridgehead atoms. The molecule has 100 valence electrons. The van der Waals surface area contributed by atoms with Crippen LogP contribution in [0.4, 0.5) is 5.69 Å². The van der Waals surface area contributed by atoms with E-state index in [9.17, 15) is 8.42 Å². The molecule has 0 aliphatic carbocycles. The second-order valence-electron chi connectivity index (χ2n) is 3.78. The minimum absolute atomic E-state index is 0.0392. The number of anilines is 1. The Morgan fingerprint density at radius 2 is 1.74 bits per heavy atom. The summed E-state index contributed by atoms with van der Waals surface area (Å²) in [7, 11) is -3.78. The van der Waals surface area contributed by atoms with Gasteiger partial charge in [0.25, 0.3) is 0 Å². The van der Waals surface area contributed by atoms with E-state index in [1.165, 1.54) is 18.2 Å². The maximum absolute atomic E-state index is 11.3. The minimum atomic E-state index is -3.78. The van der Waals surface area contributed by atoms with Crippen molar-refractivity contribution in [3.8, 4) is 11.5 Å². The molecule has 0 aliphatic heterocycles. The Morgan fingerprint density at radius 1 is 1.05 bits per heavy atom. The minimum Gasteiger partial charge on any atom is -0.454 e. The van der Waals surface area contributed by atoms with Crippen molar-refractivity contribution in [2.45, 2.75) is 4.90 Å². The first-order valence-electron chi connectivity index (χ1n) is 5.22. The van der Waals surface area contributed by atoms with Crippen molar-refractivity contribution in [1.29, 1.82) is 0 Å². The van der Waals surface area contributed by atoms with Gasteiger partial charge in [-0.1, -0.05) is 12.1 Å². The summed E-state index contributed by atoms with van der Waals surface area (Å²) in [6, 6.07) is 11.4. The van der Waals surface area contributed by atoms with Gasteiger partial charge in [-0.25, -0.2) is 13.6 Å². The van der Waals surface area contributed by atoms with Gasteiger partial charge in [-0.2, -0.15) is 0 Å². The van der Waals surface area contributed by atoms with Crippen LogP contribution in [0.25, 0.3) is 0 Å². The molecular formula is C12H11IN2O3S. The number of ether oxygens (including phenoxy) is 1. The Labute approximate surface area is 124 Å². The summed E-state index contributed by atoms with van der Waals surface area (Å²) in [6.45, 7) is 0. The van der Waals surface area contributed by atoms with Crippen LogP contribution in [-0.4, -0.2) is 8.42 Å². The highest BCUT2D eigenvalue weighted by Gasteiger charge is 2.12. The topological polar surface area (TPSA) is 95.4 Å². The molecule has 0 heterocycles. The maximum Gasteiger partial charge on any atom is 0.238 e. The zero-order chi connectivity index (χ0) is 14.0. The van der Waals surface area contributed by atoms with Crippen molar-refractivity contribution in [2.24, 2.45) is 5.14 Å². The van der Waals surface area contributed by atoms with E-state index in [4.69, 9.17) is 15.6 Å². The normalized spacial score (nSPS) is 11.3. The van der Waals surface area contributed by atoms with Crippen molar-refractivity contribution in [1.82, 2.24) is 0 Å². The number of hydrogen-bond acceptors (Lipinski definition) is 4. The molecule has 0 aliphatic rings. The van der Waals surface area contributed by atoms with Crippen molar-refractivity contribution in [3.05, 3.63) is 46.0 Å². The van der Waals surface area contributed by atoms with Crippen molar-refractivity contribution in [2.75, 3.05) is 5.73 Å². The fourth-order valence-corrected chi connectivity index (χ4v) is 2.45. The molecule has 0 saturated heterocycles. The van der Waals surface area contributed by atoms with Crippen LogP contribution >= 0.6 is 22.6 Å². The van der Waals surface area contributed by atoms with E-state index in [0.717, 1.165) is 3.57 Å². The second kappa shape index (κ2) is 5.35. The first-order valence-corrected chi connectivity index (χ1v) is 7.85. The van der Waals surface area contributed by atoms with E-state index in [-0.39, 0.29) is 10.6 Å². The molecule has 0 radical (unpaired) electrons. The Bertz CT molecular complexity index is 717. The summed E-state index contributed by atoms with van der Waals surface area (Å²) in [5, 5.41) is 5.07. The van der Waals surface area contributed by atoms with E-state index < -0.39 is 10.0 Å². The third-order valence-corrected chi connectivity index (χ3v) is 4.17. The number of rotatable bonds is 3. The summed E-state index contributed by atoms with van der Waals surface area (Å²) in [5.41, 5.74) is 6.11. The number of hydrogen-bond donors (Lipinski definition) is 2. The monoisotopic (exact) mass is 390 g/mol. The van der Waals surface area contributed by atoms with Crippen LogP contribution in [0, 0.1) is 3.57 Å². The summed E-state index contributed by atoms with van der Waals surface area (Å²) >= 11 is 2.11. The van der Waals surface area contributed by atoms with Crippen molar-refractivity contribution in [3.63, 3.8) is 0 Å². The zero-order valence-electron chi connectivity index (χ0n) is 9.71. The molecule has 0 unspecified atom stereocenters. The summed E-state index contributed by atoms with van der Waals surface area (Å²) in [6.07, 6.45) is 0. The molecule has 0 aromatic heterocycles. The van der Waals surface area contributed by atoms with Crippen LogP contribution in [-0.2, 0) is 10.0 Å². The predicted octanol–water partition coefficient (Wildman–Crippen LogP) is 2.31. The molecule has 5 nitrogen and oxygen atoms in total. The summed E-state index contributed by atoms with van der Waals surface area (Å²) in [5.74, 6) is 0.858. The van der Waals surface area contributed by atoms with E-state index in [2.05, 4.69) is 22.6 Å². The molecule has 0 atom stereocenters. The fraction of sp³-hybridized carbons (Fsp3) is 0. The number of nitrogens with two attached hydrogens (primary N) is 2. The third kappa shape index (κ3) is 3.37. The van der Waals surface area contributed by atoms with Crippen LogP contribution in [0.1, 0.15) is 0 Å². The van der Waals surface area contributed by atoms with E-state index in [1.54, 1.807) is 6.07 Å². The Hall–Kier alpha value is -1.32. The van der Waals surface area contributed by atoms with Crippen LogP contribution in [0.15, 0.2) is 47.4 Å². The lowest BCUT2D eigenvalue weighted by atomic mass is 10.3. The van der Waals surface area contributed by atoms with E-state index in [1.807, 2.05) is 18.2 Å². The highest BCUT2D eigenvalue weighted by molar-refractivity contribution is 14.1. The van der Waals surface area contributed by atoms with Gasteiger partial charge in [0.15, 0.2) is 5.75 Å².